The van der Waals surface area contributed by atoms with E-state index in [4.69, 9.17) is 4.98 Å². The molecule has 52 heavy (non-hydrogen) atoms. The van der Waals surface area contributed by atoms with Crippen LogP contribution in [0.2, 0.25) is 0 Å². The maximum absolute atomic E-state index is 9.29. The van der Waals surface area contributed by atoms with Gasteiger partial charge in [0, 0.05) is 11.1 Å². The molecule has 0 aliphatic carbocycles. The van der Waals surface area contributed by atoms with Gasteiger partial charge in [0.05, 0.1) is 23.0 Å². The van der Waals surface area contributed by atoms with Crippen molar-refractivity contribution in [1.82, 2.24) is 4.98 Å². The van der Waals surface area contributed by atoms with Gasteiger partial charge in [-0.15, -0.1) is 0 Å². The van der Waals surface area contributed by atoms with Gasteiger partial charge in [-0.2, -0.15) is 5.26 Å². The number of hydrogen-bond acceptors (Lipinski definition) is 2. The highest BCUT2D eigenvalue weighted by molar-refractivity contribution is 6.10. The van der Waals surface area contributed by atoms with Crippen LogP contribution in [0.1, 0.15) is 5.56 Å². The minimum Gasteiger partial charge on any atom is -0.248 e. The summed E-state index contributed by atoms with van der Waals surface area (Å²) in [5.41, 5.74) is 14.1. The van der Waals surface area contributed by atoms with Gasteiger partial charge in [0.15, 0.2) is 0 Å². The van der Waals surface area contributed by atoms with Crippen LogP contribution in [-0.2, 0) is 0 Å². The minimum atomic E-state index is 0.666. The largest absolute Gasteiger partial charge is 0.248 e. The summed E-state index contributed by atoms with van der Waals surface area (Å²) in [7, 11) is 0. The van der Waals surface area contributed by atoms with Crippen LogP contribution in [0.5, 0.6) is 0 Å². The van der Waals surface area contributed by atoms with Crippen molar-refractivity contribution in [2.24, 2.45) is 0 Å². The van der Waals surface area contributed by atoms with E-state index in [-0.39, 0.29) is 0 Å². The third kappa shape index (κ3) is 5.81. The highest BCUT2D eigenvalue weighted by atomic mass is 14.7. The molecule has 0 saturated heterocycles. The lowest BCUT2D eigenvalue weighted by Gasteiger charge is -2.15. The molecule has 0 unspecified atom stereocenters. The number of pyridine rings is 1. The molecular weight excluding hydrogens is 629 g/mol. The molecule has 9 rings (SSSR count). The third-order valence-corrected chi connectivity index (χ3v) is 9.94. The number of nitriles is 1. The second-order valence-electron chi connectivity index (χ2n) is 13.1. The van der Waals surface area contributed by atoms with Crippen molar-refractivity contribution >= 4 is 21.5 Å². The predicted octanol–water partition coefficient (Wildman–Crippen LogP) is 13.3. The summed E-state index contributed by atoms with van der Waals surface area (Å²) in [5, 5.41) is 14.1. The lowest BCUT2D eigenvalue weighted by Crippen LogP contribution is -1.91. The van der Waals surface area contributed by atoms with Crippen LogP contribution in [-0.4, -0.2) is 4.98 Å². The first-order valence-electron chi connectivity index (χ1n) is 17.5. The highest BCUT2D eigenvalue weighted by Crippen LogP contribution is 2.39. The summed E-state index contributed by atoms with van der Waals surface area (Å²) < 4.78 is 0. The molecule has 0 atom stereocenters. The molecule has 0 saturated carbocycles. The van der Waals surface area contributed by atoms with Gasteiger partial charge in [0.1, 0.15) is 0 Å². The Labute approximate surface area is 303 Å². The monoisotopic (exact) mass is 660 g/mol. The van der Waals surface area contributed by atoms with E-state index in [2.05, 4.69) is 164 Å². The van der Waals surface area contributed by atoms with Crippen LogP contribution in [0.4, 0.5) is 0 Å². The number of aromatic nitrogens is 1. The van der Waals surface area contributed by atoms with Crippen molar-refractivity contribution in [3.8, 4) is 73.1 Å². The number of benzene rings is 8. The van der Waals surface area contributed by atoms with Crippen molar-refractivity contribution in [1.29, 1.82) is 5.26 Å². The van der Waals surface area contributed by atoms with E-state index in [9.17, 15) is 5.26 Å². The minimum absolute atomic E-state index is 0.666. The SMILES string of the molecule is N#Cc1ccc(-c2ccc(-c3cccc4cc(-c5ccc(-c6cc(-c7ccccc7)nc(-c7ccccc7)c6)cc5)ccc34)c3ccccc23)cc1. The first kappa shape index (κ1) is 30.9. The molecule has 242 valence electrons. The van der Waals surface area contributed by atoms with Crippen LogP contribution in [0.15, 0.2) is 194 Å². The fourth-order valence-corrected chi connectivity index (χ4v) is 7.27. The number of rotatable bonds is 6. The molecule has 1 heterocycles. The molecule has 2 heteroatoms. The van der Waals surface area contributed by atoms with Gasteiger partial charge in [-0.1, -0.05) is 164 Å². The number of nitrogens with zero attached hydrogens (tertiary/aromatic N) is 2. The Kier molecular flexibility index (Phi) is 7.93. The van der Waals surface area contributed by atoms with E-state index < -0.39 is 0 Å². The molecule has 0 aliphatic heterocycles. The normalized spacial score (nSPS) is 11.1. The average Bonchev–Trinajstić information content (AvgIpc) is 3.23. The van der Waals surface area contributed by atoms with Gasteiger partial charge in [0.2, 0.25) is 0 Å². The Morgan fingerprint density at radius 3 is 1.48 bits per heavy atom. The van der Waals surface area contributed by atoms with E-state index in [1.165, 1.54) is 43.8 Å². The summed E-state index contributed by atoms with van der Waals surface area (Å²) in [6.07, 6.45) is 0. The van der Waals surface area contributed by atoms with Crippen molar-refractivity contribution < 1.29 is 0 Å². The van der Waals surface area contributed by atoms with Gasteiger partial charge in [-0.05, 0) is 96.4 Å². The molecule has 0 spiro atoms. The molecule has 0 aliphatic rings. The van der Waals surface area contributed by atoms with E-state index in [1.807, 2.05) is 36.4 Å². The molecule has 0 fully saturated rings. The van der Waals surface area contributed by atoms with Crippen LogP contribution < -0.4 is 0 Å². The second kappa shape index (κ2) is 13.3. The van der Waals surface area contributed by atoms with Crippen molar-refractivity contribution in [3.63, 3.8) is 0 Å². The Hall–Kier alpha value is -7.08. The van der Waals surface area contributed by atoms with Crippen molar-refractivity contribution in [2.45, 2.75) is 0 Å². The second-order valence-corrected chi connectivity index (χ2v) is 13.1. The van der Waals surface area contributed by atoms with E-state index in [0.29, 0.717) is 5.56 Å². The van der Waals surface area contributed by atoms with E-state index in [0.717, 1.165) is 44.8 Å². The molecule has 1 aromatic heterocycles. The summed E-state index contributed by atoms with van der Waals surface area (Å²) >= 11 is 0. The molecule has 0 N–H and O–H groups in total. The quantitative estimate of drug-likeness (QED) is 0.178. The van der Waals surface area contributed by atoms with Gasteiger partial charge >= 0.3 is 0 Å². The Bertz CT molecular complexity index is 2700. The maximum Gasteiger partial charge on any atom is 0.0991 e. The lowest BCUT2D eigenvalue weighted by molar-refractivity contribution is 1.32. The Balaban J connectivity index is 1.07. The van der Waals surface area contributed by atoms with Crippen LogP contribution in [0, 0.1) is 11.3 Å². The van der Waals surface area contributed by atoms with Crippen LogP contribution >= 0.6 is 0 Å². The molecule has 0 radical (unpaired) electrons. The number of hydrogen-bond donors (Lipinski definition) is 0. The zero-order valence-corrected chi connectivity index (χ0v) is 28.4. The maximum atomic E-state index is 9.29. The molecule has 2 nitrogen and oxygen atoms in total. The summed E-state index contributed by atoms with van der Waals surface area (Å²) in [6.45, 7) is 0. The third-order valence-electron chi connectivity index (χ3n) is 9.94. The Morgan fingerprint density at radius 1 is 0.327 bits per heavy atom. The molecule has 9 aromatic rings. The fraction of sp³-hybridized carbons (Fsp3) is 0. The van der Waals surface area contributed by atoms with Crippen LogP contribution in [0.3, 0.4) is 0 Å². The first-order valence-corrected chi connectivity index (χ1v) is 17.5. The highest BCUT2D eigenvalue weighted by Gasteiger charge is 2.13. The number of fused-ring (bicyclic) bond motifs is 2. The lowest BCUT2D eigenvalue weighted by atomic mass is 9.89. The Morgan fingerprint density at radius 2 is 0.846 bits per heavy atom. The molecular formula is C50H32N2. The predicted molar refractivity (Wildman–Crippen MR) is 217 cm³/mol. The van der Waals surface area contributed by atoms with Crippen molar-refractivity contribution in [3.05, 3.63) is 200 Å². The van der Waals surface area contributed by atoms with Crippen molar-refractivity contribution in [2.75, 3.05) is 0 Å². The van der Waals surface area contributed by atoms with Gasteiger partial charge < -0.3 is 0 Å². The standard InChI is InChI=1S/C50H32N2/c51-33-34-18-20-37(21-19-34)43-28-29-48(47-16-8-7-15-45(43)47)46-17-9-14-41-30-40(26-27-44(41)46)35-22-24-36(25-23-35)42-31-49(38-10-3-1-4-11-38)52-50(32-42)39-12-5-2-6-13-39/h1-32H. The zero-order chi connectivity index (χ0) is 34.9. The molecule has 8 aromatic carbocycles. The van der Waals surface area contributed by atoms with Gasteiger partial charge in [-0.3, -0.25) is 0 Å². The summed E-state index contributed by atoms with van der Waals surface area (Å²) in [5.74, 6) is 0. The fourth-order valence-electron chi connectivity index (χ4n) is 7.27. The summed E-state index contributed by atoms with van der Waals surface area (Å²) in [4.78, 5) is 5.05. The van der Waals surface area contributed by atoms with Gasteiger partial charge in [0.25, 0.3) is 0 Å². The molecule has 0 bridgehead atoms. The van der Waals surface area contributed by atoms with Crippen LogP contribution in [0.25, 0.3) is 88.6 Å². The van der Waals surface area contributed by atoms with E-state index >= 15 is 0 Å². The first-order chi connectivity index (χ1) is 25.7. The topological polar surface area (TPSA) is 36.7 Å². The summed E-state index contributed by atoms with van der Waals surface area (Å²) in [6, 6.07) is 70.5. The average molecular weight is 661 g/mol. The smallest absolute Gasteiger partial charge is 0.0991 e. The van der Waals surface area contributed by atoms with Gasteiger partial charge in [-0.25, -0.2) is 4.98 Å². The zero-order valence-electron chi connectivity index (χ0n) is 28.4. The van der Waals surface area contributed by atoms with E-state index in [1.54, 1.807) is 0 Å². The molecule has 0 amide bonds.